The van der Waals surface area contributed by atoms with Crippen LogP contribution >= 0.6 is 0 Å². The fourth-order valence-electron chi connectivity index (χ4n) is 11.0. The highest BCUT2D eigenvalue weighted by atomic mass is 16.6. The number of para-hydroxylation sites is 2. The van der Waals surface area contributed by atoms with Crippen LogP contribution in [-0.2, 0) is 146 Å². The summed E-state index contributed by atoms with van der Waals surface area (Å²) in [5.41, 5.74) is 6.87. The molecule has 0 aliphatic carbocycles. The average molecular weight is 1690 g/mol. The summed E-state index contributed by atoms with van der Waals surface area (Å²) in [4.78, 5) is 55.0. The molecule has 0 saturated carbocycles. The minimum atomic E-state index is -0.181. The maximum atomic E-state index is 13.4. The van der Waals surface area contributed by atoms with Crippen LogP contribution in [0.25, 0.3) is 0 Å². The summed E-state index contributed by atoms with van der Waals surface area (Å²) in [5.74, 6) is 12.3. The molecule has 2 heterocycles. The Labute approximate surface area is 708 Å². The van der Waals surface area contributed by atoms with Crippen molar-refractivity contribution in [2.75, 3.05) is 340 Å². The summed E-state index contributed by atoms with van der Waals surface area (Å²) in [7, 11) is 0. The van der Waals surface area contributed by atoms with Gasteiger partial charge in [0.15, 0.2) is 0 Å². The third kappa shape index (κ3) is 52.4. The van der Waals surface area contributed by atoms with E-state index in [9.17, 15) is 19.2 Å². The molecule has 120 heavy (non-hydrogen) atoms. The Morgan fingerprint density at radius 2 is 0.383 bits per heavy atom. The molecule has 4 amide bonds. The Balaban J connectivity index is 0.523. The van der Waals surface area contributed by atoms with Crippen molar-refractivity contribution < 1.29 is 133 Å². The largest absolute Gasteiger partial charge is 0.379 e. The third-order valence-corrected chi connectivity index (χ3v) is 17.2. The molecule has 670 valence electrons. The van der Waals surface area contributed by atoms with Gasteiger partial charge in [-0.15, -0.1) is 0 Å². The Bertz CT molecular complexity index is 3160. The van der Waals surface area contributed by atoms with E-state index in [-0.39, 0.29) is 75.6 Å². The molecule has 0 bridgehead atoms. The van der Waals surface area contributed by atoms with E-state index in [1.165, 1.54) is 0 Å². The van der Waals surface area contributed by atoms with E-state index in [2.05, 4.69) is 34.3 Å². The number of carbonyl (C=O) groups is 4. The van der Waals surface area contributed by atoms with Gasteiger partial charge in [-0.3, -0.25) is 19.2 Å². The molecule has 0 radical (unpaired) electrons. The molecule has 2 aliphatic heterocycles. The quantitative estimate of drug-likeness (QED) is 0.0430. The number of nitrogens with one attached hydrogen (secondary N) is 2. The van der Waals surface area contributed by atoms with Gasteiger partial charge in [-0.2, -0.15) is 0 Å². The van der Waals surface area contributed by atoms with Crippen LogP contribution in [0.3, 0.4) is 0 Å². The van der Waals surface area contributed by atoms with Crippen molar-refractivity contribution in [1.82, 2.24) is 10.6 Å². The maximum Gasteiger partial charge on any atom is 0.229 e. The van der Waals surface area contributed by atoms with Gasteiger partial charge in [-0.05, 0) is 47.5 Å². The smallest absolute Gasteiger partial charge is 0.229 e. The van der Waals surface area contributed by atoms with Gasteiger partial charge in [-0.1, -0.05) is 84.3 Å². The predicted octanol–water partition coefficient (Wildman–Crippen LogP) is 5.07. The van der Waals surface area contributed by atoms with Crippen LogP contribution in [0.1, 0.15) is 59.1 Å². The van der Waals surface area contributed by atoms with Gasteiger partial charge >= 0.3 is 0 Å². The molecule has 0 aromatic heterocycles. The van der Waals surface area contributed by atoms with Gasteiger partial charge in [-0.25, -0.2) is 0 Å². The number of benzene rings is 4. The van der Waals surface area contributed by atoms with Crippen molar-refractivity contribution in [2.24, 2.45) is 0 Å². The lowest BCUT2D eigenvalue weighted by molar-refractivity contribution is -0.124. The number of anilines is 2. The highest BCUT2D eigenvalue weighted by Gasteiger charge is 2.23. The maximum absolute atomic E-state index is 13.4. The molecular formula is C88H130N4O28. The second-order valence-electron chi connectivity index (χ2n) is 26.2. The van der Waals surface area contributed by atoms with E-state index in [1.807, 2.05) is 97.1 Å². The lowest BCUT2D eigenvalue weighted by atomic mass is 10.0. The van der Waals surface area contributed by atoms with E-state index >= 15 is 0 Å². The molecule has 32 heteroatoms. The van der Waals surface area contributed by atoms with Gasteiger partial charge in [0.1, 0.15) is 0 Å². The van der Waals surface area contributed by atoms with Crippen molar-refractivity contribution >= 4 is 35.0 Å². The van der Waals surface area contributed by atoms with Gasteiger partial charge < -0.3 is 134 Å². The molecule has 0 saturated heterocycles. The highest BCUT2D eigenvalue weighted by molar-refractivity contribution is 5.96. The molecule has 4 aromatic rings. The SMILES string of the molecule is O=C(CCOCCOCCOCCOCCOCCOCCOCCOCCOCCOCCOCCOCCOCCOCCOCCOCCOCCOCCOCCOCCOCCOCCOCCOCCC(=O)NCCC(=O)N1Cc2ccccc2C#Cc2ccccc21)NCCC(=O)N1Cc2ccccc2C#Cc2ccccc21. The number of hydrogen-bond donors (Lipinski definition) is 2. The molecule has 0 fully saturated rings. The zero-order valence-corrected chi connectivity index (χ0v) is 70.2. The van der Waals surface area contributed by atoms with E-state index in [4.69, 9.17) is 114 Å². The van der Waals surface area contributed by atoms with Crippen molar-refractivity contribution in [3.05, 3.63) is 130 Å². The summed E-state index contributed by atoms with van der Waals surface area (Å²) in [5, 5.41) is 5.65. The zero-order chi connectivity index (χ0) is 84.2. The summed E-state index contributed by atoms with van der Waals surface area (Å²) in [6.45, 7) is 22.5. The standard InChI is InChI=1S/C88H130N4O28/c93-85(89-25-21-87(95)91-75-81-13-3-1-9-77(81)17-19-79-11-5-7-15-83(79)91)23-27-97-29-31-99-33-35-101-37-39-103-41-43-105-45-47-107-49-51-109-53-55-111-57-59-113-61-63-115-65-67-117-69-71-119-73-74-120-72-70-118-68-66-116-64-62-114-60-58-112-56-54-110-52-50-108-48-46-106-44-42-104-40-38-102-36-34-100-32-30-98-28-24-86(94)90-26-22-88(96)92-76-82-14-4-2-10-78(82)18-20-80-12-6-8-16-84(80)92/h1-16H,21-76H2,(H,89,93)(H,90,94). The number of fused-ring (bicyclic) bond motifs is 4. The van der Waals surface area contributed by atoms with Gasteiger partial charge in [0, 0.05) is 61.0 Å². The minimum absolute atomic E-state index is 0.0899. The topological polar surface area (TPSA) is 320 Å². The summed E-state index contributed by atoms with van der Waals surface area (Å²) in [6.07, 6.45) is 0.693. The lowest BCUT2D eigenvalue weighted by Crippen LogP contribution is -2.35. The number of hydrogen-bond acceptors (Lipinski definition) is 28. The second kappa shape index (κ2) is 73.5. The first-order valence-corrected chi connectivity index (χ1v) is 41.8. The molecule has 2 N–H and O–H groups in total. The van der Waals surface area contributed by atoms with Crippen LogP contribution in [0.5, 0.6) is 0 Å². The number of amides is 4. The first-order valence-electron chi connectivity index (χ1n) is 41.8. The van der Waals surface area contributed by atoms with Crippen LogP contribution in [-0.4, -0.2) is 354 Å². The second-order valence-corrected chi connectivity index (χ2v) is 26.2. The van der Waals surface area contributed by atoms with Gasteiger partial charge in [0.05, 0.1) is 342 Å². The van der Waals surface area contributed by atoms with Crippen molar-refractivity contribution in [1.29, 1.82) is 0 Å². The van der Waals surface area contributed by atoms with Crippen molar-refractivity contribution in [2.45, 2.75) is 38.8 Å². The lowest BCUT2D eigenvalue weighted by Gasteiger charge is -2.26. The Kier molecular flexibility index (Phi) is 62.3. The van der Waals surface area contributed by atoms with Crippen LogP contribution in [0.15, 0.2) is 97.1 Å². The minimum Gasteiger partial charge on any atom is -0.379 e. The van der Waals surface area contributed by atoms with Crippen LogP contribution in [0.2, 0.25) is 0 Å². The highest BCUT2D eigenvalue weighted by Crippen LogP contribution is 2.28. The number of rotatable bonds is 81. The predicted molar refractivity (Wildman–Crippen MR) is 444 cm³/mol. The zero-order valence-electron chi connectivity index (χ0n) is 70.2. The normalized spacial score (nSPS) is 12.1. The summed E-state index contributed by atoms with van der Waals surface area (Å²) < 4.78 is 133. The van der Waals surface area contributed by atoms with E-state index in [0.717, 1.165) is 44.8 Å². The summed E-state index contributed by atoms with van der Waals surface area (Å²) in [6, 6.07) is 30.9. The molecule has 0 spiro atoms. The third-order valence-electron chi connectivity index (χ3n) is 17.2. The molecule has 0 atom stereocenters. The van der Waals surface area contributed by atoms with Gasteiger partial charge in [0.2, 0.25) is 23.6 Å². The molecular weight excluding hydrogens is 1560 g/mol. The van der Waals surface area contributed by atoms with Crippen LogP contribution in [0.4, 0.5) is 11.4 Å². The fraction of sp³-hybridized carbons (Fsp3) is 0.636. The molecule has 4 aromatic carbocycles. The number of nitrogens with zero attached hydrogens (tertiary/aromatic N) is 2. The van der Waals surface area contributed by atoms with E-state index in [1.54, 1.807) is 9.80 Å². The van der Waals surface area contributed by atoms with Crippen LogP contribution < -0.4 is 20.4 Å². The Hall–Kier alpha value is -7.08. The van der Waals surface area contributed by atoms with E-state index < -0.39 is 0 Å². The average Bonchev–Trinajstić information content (AvgIpc) is 0.811. The monoisotopic (exact) mass is 1690 g/mol. The summed E-state index contributed by atoms with van der Waals surface area (Å²) >= 11 is 0. The van der Waals surface area contributed by atoms with Crippen molar-refractivity contribution in [3.8, 4) is 23.7 Å². The number of ether oxygens (including phenoxy) is 24. The van der Waals surface area contributed by atoms with Gasteiger partial charge in [0.25, 0.3) is 0 Å². The van der Waals surface area contributed by atoms with E-state index in [0.29, 0.717) is 317 Å². The Morgan fingerprint density at radius 3 is 0.592 bits per heavy atom. The molecule has 0 unspecified atom stereocenters. The Morgan fingerprint density at radius 1 is 0.217 bits per heavy atom. The number of carbonyl (C=O) groups excluding carboxylic acids is 4. The molecule has 32 nitrogen and oxygen atoms in total. The molecule has 2 aliphatic rings. The molecule has 6 rings (SSSR count). The fourth-order valence-corrected chi connectivity index (χ4v) is 11.0. The van der Waals surface area contributed by atoms with Crippen LogP contribution in [0, 0.1) is 23.7 Å². The van der Waals surface area contributed by atoms with Crippen molar-refractivity contribution in [3.63, 3.8) is 0 Å². The first kappa shape index (κ1) is 102. The first-order chi connectivity index (χ1) is 59.5.